The van der Waals surface area contributed by atoms with Crippen LogP contribution in [0.5, 0.6) is 5.75 Å². The molecule has 0 atom stereocenters. The first-order chi connectivity index (χ1) is 8.60. The average Bonchev–Trinajstić information content (AvgIpc) is 2.82. The molecule has 1 amide bonds. The third kappa shape index (κ3) is 2.75. The maximum Gasteiger partial charge on any atom is 0.265 e. The summed E-state index contributed by atoms with van der Waals surface area (Å²) in [5, 5.41) is 4.99. The van der Waals surface area contributed by atoms with Crippen LogP contribution in [0.25, 0.3) is 0 Å². The van der Waals surface area contributed by atoms with Gasteiger partial charge in [-0.1, -0.05) is 11.6 Å². The average molecular weight is 283 g/mol. The van der Waals surface area contributed by atoms with Crippen LogP contribution in [-0.4, -0.2) is 13.0 Å². The standard InChI is InChI=1S/C12H11ClN2O2S/c1-17-8-5-11(18-6-8)12(16)15-10-4-7(13)2-3-9(10)14/h2-6H,14H2,1H3,(H,15,16). The lowest BCUT2D eigenvalue weighted by Crippen LogP contribution is -2.11. The molecular weight excluding hydrogens is 272 g/mol. The molecule has 0 spiro atoms. The molecule has 1 aromatic carbocycles. The van der Waals surface area contributed by atoms with Gasteiger partial charge in [-0.3, -0.25) is 4.79 Å². The van der Waals surface area contributed by atoms with Crippen LogP contribution >= 0.6 is 22.9 Å². The molecule has 6 heteroatoms. The summed E-state index contributed by atoms with van der Waals surface area (Å²) in [4.78, 5) is 12.5. The van der Waals surface area contributed by atoms with Crippen molar-refractivity contribution in [2.45, 2.75) is 0 Å². The van der Waals surface area contributed by atoms with E-state index < -0.39 is 0 Å². The lowest BCUT2D eigenvalue weighted by Gasteiger charge is -2.07. The predicted octanol–water partition coefficient (Wildman–Crippen LogP) is 3.24. The van der Waals surface area contributed by atoms with Crippen LogP contribution in [0.3, 0.4) is 0 Å². The normalized spacial score (nSPS) is 10.1. The fourth-order valence-corrected chi connectivity index (χ4v) is 2.29. The summed E-state index contributed by atoms with van der Waals surface area (Å²) < 4.78 is 5.02. The summed E-state index contributed by atoms with van der Waals surface area (Å²) in [7, 11) is 1.55. The van der Waals surface area contributed by atoms with E-state index in [1.807, 2.05) is 0 Å². The Morgan fingerprint density at radius 1 is 1.44 bits per heavy atom. The van der Waals surface area contributed by atoms with Crippen LogP contribution < -0.4 is 15.8 Å². The van der Waals surface area contributed by atoms with Crippen molar-refractivity contribution in [1.29, 1.82) is 0 Å². The molecule has 3 N–H and O–H groups in total. The van der Waals surface area contributed by atoms with Crippen molar-refractivity contribution >= 4 is 40.2 Å². The van der Waals surface area contributed by atoms with Gasteiger partial charge in [0.05, 0.1) is 23.4 Å². The molecule has 94 valence electrons. The third-order valence-corrected chi connectivity index (χ3v) is 3.44. The zero-order valence-electron chi connectivity index (χ0n) is 9.57. The molecule has 0 bridgehead atoms. The van der Waals surface area contributed by atoms with E-state index in [1.165, 1.54) is 11.3 Å². The number of carbonyl (C=O) groups is 1. The molecule has 0 aliphatic rings. The molecule has 0 aliphatic carbocycles. The van der Waals surface area contributed by atoms with E-state index >= 15 is 0 Å². The fourth-order valence-electron chi connectivity index (χ4n) is 1.37. The maximum absolute atomic E-state index is 12.0. The van der Waals surface area contributed by atoms with Crippen LogP contribution in [-0.2, 0) is 0 Å². The van der Waals surface area contributed by atoms with E-state index in [9.17, 15) is 4.79 Å². The van der Waals surface area contributed by atoms with Gasteiger partial charge in [-0.2, -0.15) is 0 Å². The second-order valence-corrected chi connectivity index (χ2v) is 4.88. The SMILES string of the molecule is COc1csc(C(=O)Nc2cc(Cl)ccc2N)c1. The predicted molar refractivity (Wildman–Crippen MR) is 74.7 cm³/mol. The molecule has 1 heterocycles. The molecule has 0 saturated carbocycles. The van der Waals surface area contributed by atoms with Crippen LogP contribution in [0.15, 0.2) is 29.6 Å². The fraction of sp³-hybridized carbons (Fsp3) is 0.0833. The van der Waals surface area contributed by atoms with Gasteiger partial charge in [0, 0.05) is 16.5 Å². The smallest absolute Gasteiger partial charge is 0.265 e. The van der Waals surface area contributed by atoms with Crippen molar-refractivity contribution in [2.75, 3.05) is 18.2 Å². The minimum absolute atomic E-state index is 0.239. The summed E-state index contributed by atoms with van der Waals surface area (Å²) in [6.45, 7) is 0. The van der Waals surface area contributed by atoms with Crippen LogP contribution in [0.2, 0.25) is 5.02 Å². The number of hydrogen-bond donors (Lipinski definition) is 2. The number of rotatable bonds is 3. The molecule has 0 unspecified atom stereocenters. The Hall–Kier alpha value is -1.72. The largest absolute Gasteiger partial charge is 0.496 e. The van der Waals surface area contributed by atoms with Gasteiger partial charge in [0.25, 0.3) is 5.91 Å². The summed E-state index contributed by atoms with van der Waals surface area (Å²) in [5.74, 6) is 0.418. The number of halogens is 1. The highest BCUT2D eigenvalue weighted by molar-refractivity contribution is 7.12. The molecule has 2 rings (SSSR count). The maximum atomic E-state index is 12.0. The van der Waals surface area contributed by atoms with Gasteiger partial charge in [-0.05, 0) is 18.2 Å². The van der Waals surface area contributed by atoms with Crippen LogP contribution in [0.4, 0.5) is 11.4 Å². The Bertz CT molecular complexity index is 583. The molecule has 0 radical (unpaired) electrons. The van der Waals surface area contributed by atoms with Gasteiger partial charge in [-0.15, -0.1) is 11.3 Å². The third-order valence-electron chi connectivity index (χ3n) is 2.30. The second kappa shape index (κ2) is 5.29. The van der Waals surface area contributed by atoms with Gasteiger partial charge in [0.1, 0.15) is 5.75 Å². The number of nitrogens with two attached hydrogens (primary N) is 1. The topological polar surface area (TPSA) is 64.3 Å². The lowest BCUT2D eigenvalue weighted by molar-refractivity contribution is 0.103. The van der Waals surface area contributed by atoms with Crippen molar-refractivity contribution in [3.05, 3.63) is 39.5 Å². The van der Waals surface area contributed by atoms with E-state index in [1.54, 1.807) is 36.8 Å². The monoisotopic (exact) mass is 282 g/mol. The van der Waals surface area contributed by atoms with E-state index in [2.05, 4.69) is 5.32 Å². The van der Waals surface area contributed by atoms with E-state index in [0.717, 1.165) is 0 Å². The van der Waals surface area contributed by atoms with Crippen LogP contribution in [0.1, 0.15) is 9.67 Å². The van der Waals surface area contributed by atoms with Crippen LogP contribution in [0, 0.1) is 0 Å². The van der Waals surface area contributed by atoms with E-state index in [4.69, 9.17) is 22.1 Å². The van der Waals surface area contributed by atoms with Crippen molar-refractivity contribution in [3.63, 3.8) is 0 Å². The first-order valence-corrected chi connectivity index (χ1v) is 6.35. The molecule has 2 aromatic rings. The summed E-state index contributed by atoms with van der Waals surface area (Å²) >= 11 is 7.15. The van der Waals surface area contributed by atoms with Crippen molar-refractivity contribution in [1.82, 2.24) is 0 Å². The molecule has 18 heavy (non-hydrogen) atoms. The van der Waals surface area contributed by atoms with Gasteiger partial charge >= 0.3 is 0 Å². The van der Waals surface area contributed by atoms with Gasteiger partial charge in [-0.25, -0.2) is 0 Å². The molecule has 0 aliphatic heterocycles. The summed E-state index contributed by atoms with van der Waals surface area (Å²) in [5.41, 5.74) is 6.72. The Labute approximate surface area is 113 Å². The highest BCUT2D eigenvalue weighted by atomic mass is 35.5. The molecular formula is C12H11ClN2O2S. The van der Waals surface area contributed by atoms with Crippen molar-refractivity contribution < 1.29 is 9.53 Å². The number of nitrogen functional groups attached to an aromatic ring is 1. The van der Waals surface area contributed by atoms with Gasteiger partial charge in [0.15, 0.2) is 0 Å². The Morgan fingerprint density at radius 3 is 2.89 bits per heavy atom. The van der Waals surface area contributed by atoms with Gasteiger partial charge < -0.3 is 15.8 Å². The number of thiophene rings is 1. The van der Waals surface area contributed by atoms with E-state index in [0.29, 0.717) is 27.0 Å². The Kier molecular flexibility index (Phi) is 3.74. The van der Waals surface area contributed by atoms with Gasteiger partial charge in [0.2, 0.25) is 0 Å². The number of nitrogens with one attached hydrogen (secondary N) is 1. The second-order valence-electron chi connectivity index (χ2n) is 3.54. The minimum atomic E-state index is -0.239. The number of anilines is 2. The number of benzene rings is 1. The zero-order chi connectivity index (χ0) is 13.1. The van der Waals surface area contributed by atoms with Crippen molar-refractivity contribution in [3.8, 4) is 5.75 Å². The summed E-state index contributed by atoms with van der Waals surface area (Å²) in [6, 6.07) is 6.59. The highest BCUT2D eigenvalue weighted by Crippen LogP contribution is 2.26. The first-order valence-electron chi connectivity index (χ1n) is 5.09. The van der Waals surface area contributed by atoms with E-state index in [-0.39, 0.29) is 5.91 Å². The Morgan fingerprint density at radius 2 is 2.22 bits per heavy atom. The number of hydrogen-bond acceptors (Lipinski definition) is 4. The molecule has 0 saturated heterocycles. The first kappa shape index (κ1) is 12.7. The molecule has 1 aromatic heterocycles. The zero-order valence-corrected chi connectivity index (χ0v) is 11.1. The number of carbonyl (C=O) groups excluding carboxylic acids is 1. The number of ether oxygens (including phenoxy) is 1. The number of methoxy groups -OCH3 is 1. The highest BCUT2D eigenvalue weighted by Gasteiger charge is 2.11. The quantitative estimate of drug-likeness (QED) is 0.850. The summed E-state index contributed by atoms with van der Waals surface area (Å²) in [6.07, 6.45) is 0. The minimum Gasteiger partial charge on any atom is -0.496 e. The molecule has 0 fully saturated rings. The Balaban J connectivity index is 2.18. The number of amides is 1. The van der Waals surface area contributed by atoms with Crippen molar-refractivity contribution in [2.24, 2.45) is 0 Å². The lowest BCUT2D eigenvalue weighted by atomic mass is 10.2. The molecule has 4 nitrogen and oxygen atoms in total.